The van der Waals surface area contributed by atoms with Gasteiger partial charge >= 0.3 is 6.18 Å². The lowest BCUT2D eigenvalue weighted by atomic mass is 10.0. The zero-order valence-corrected chi connectivity index (χ0v) is 12.6. The molecule has 0 aliphatic heterocycles. The van der Waals surface area contributed by atoms with E-state index in [1.54, 1.807) is 30.4 Å². The summed E-state index contributed by atoms with van der Waals surface area (Å²) in [6, 6.07) is 10.00. The minimum Gasteiger partial charge on any atom is -0.496 e. The van der Waals surface area contributed by atoms with Gasteiger partial charge in [-0.05, 0) is 36.2 Å². The lowest BCUT2D eigenvalue weighted by Gasteiger charge is -2.09. The van der Waals surface area contributed by atoms with Crippen molar-refractivity contribution < 1.29 is 22.7 Å². The van der Waals surface area contributed by atoms with Crippen LogP contribution < -0.4 is 4.74 Å². The number of benzene rings is 2. The maximum atomic E-state index is 12.5. The number of rotatable bonds is 4. The quantitative estimate of drug-likeness (QED) is 0.579. The van der Waals surface area contributed by atoms with Gasteiger partial charge in [0.15, 0.2) is 5.78 Å². The Labute approximate surface area is 132 Å². The van der Waals surface area contributed by atoms with E-state index in [1.165, 1.54) is 26.2 Å². The number of carbonyl (C=O) groups is 1. The molecule has 2 aromatic carbocycles. The van der Waals surface area contributed by atoms with E-state index < -0.39 is 11.7 Å². The molecule has 2 aromatic rings. The van der Waals surface area contributed by atoms with Crippen LogP contribution in [0.5, 0.6) is 5.75 Å². The second-order valence-electron chi connectivity index (χ2n) is 4.93. The number of ether oxygens (including phenoxy) is 1. The second kappa shape index (κ2) is 6.69. The summed E-state index contributed by atoms with van der Waals surface area (Å²) in [5.41, 5.74) is 1.01. The molecule has 0 bridgehead atoms. The molecule has 0 spiro atoms. The third-order valence-corrected chi connectivity index (χ3v) is 3.32. The lowest BCUT2D eigenvalue weighted by Crippen LogP contribution is -2.03. The third-order valence-electron chi connectivity index (χ3n) is 3.32. The predicted octanol–water partition coefficient (Wildman–Crippen LogP) is 5.09. The summed E-state index contributed by atoms with van der Waals surface area (Å²) in [5, 5.41) is 0. The fourth-order valence-electron chi connectivity index (χ4n) is 2.20. The standard InChI is InChI=1S/C18H15F3O2/c1-12(22)17-14(4-3-5-16(17)23-2)9-6-13-7-10-15(11-8-13)18(19,20)21/h3-11H,1-2H3/b9-6+. The van der Waals surface area contributed by atoms with E-state index in [9.17, 15) is 18.0 Å². The van der Waals surface area contributed by atoms with Gasteiger partial charge in [0, 0.05) is 0 Å². The van der Waals surface area contributed by atoms with Crippen molar-refractivity contribution in [2.45, 2.75) is 13.1 Å². The monoisotopic (exact) mass is 320 g/mol. The summed E-state index contributed by atoms with van der Waals surface area (Å²) < 4.78 is 42.8. The van der Waals surface area contributed by atoms with Crippen LogP contribution in [-0.4, -0.2) is 12.9 Å². The van der Waals surface area contributed by atoms with E-state index in [0.717, 1.165) is 12.1 Å². The molecule has 0 amide bonds. The number of carbonyl (C=O) groups excluding carboxylic acids is 1. The van der Waals surface area contributed by atoms with Crippen LogP contribution in [0.2, 0.25) is 0 Å². The fraction of sp³-hybridized carbons (Fsp3) is 0.167. The molecule has 120 valence electrons. The molecule has 0 aliphatic rings. The van der Waals surface area contributed by atoms with Crippen LogP contribution in [0.25, 0.3) is 12.2 Å². The Morgan fingerprint density at radius 3 is 2.22 bits per heavy atom. The van der Waals surface area contributed by atoms with Crippen LogP contribution in [0, 0.1) is 0 Å². The third kappa shape index (κ3) is 4.00. The molecule has 23 heavy (non-hydrogen) atoms. The first kappa shape index (κ1) is 16.8. The van der Waals surface area contributed by atoms with Gasteiger partial charge in [-0.3, -0.25) is 4.79 Å². The van der Waals surface area contributed by atoms with E-state index in [4.69, 9.17) is 4.74 Å². The predicted molar refractivity (Wildman–Crippen MR) is 83.4 cm³/mol. The van der Waals surface area contributed by atoms with E-state index in [1.807, 2.05) is 0 Å². The average molecular weight is 320 g/mol. The first-order valence-electron chi connectivity index (χ1n) is 6.86. The first-order valence-corrected chi connectivity index (χ1v) is 6.86. The molecule has 0 aromatic heterocycles. The topological polar surface area (TPSA) is 26.3 Å². The Hall–Kier alpha value is -2.56. The van der Waals surface area contributed by atoms with Crippen molar-refractivity contribution in [2.24, 2.45) is 0 Å². The number of alkyl halides is 3. The van der Waals surface area contributed by atoms with Crippen molar-refractivity contribution >= 4 is 17.9 Å². The molecular formula is C18H15F3O2. The smallest absolute Gasteiger partial charge is 0.416 e. The first-order chi connectivity index (χ1) is 10.8. The Morgan fingerprint density at radius 1 is 1.04 bits per heavy atom. The molecule has 0 atom stereocenters. The summed E-state index contributed by atoms with van der Waals surface area (Å²) in [6.07, 6.45) is -1.01. The molecule has 0 aliphatic carbocycles. The summed E-state index contributed by atoms with van der Waals surface area (Å²) in [5.74, 6) is 0.321. The largest absolute Gasteiger partial charge is 0.496 e. The Balaban J connectivity index is 2.32. The Kier molecular flexibility index (Phi) is 4.89. The molecule has 2 rings (SSSR count). The van der Waals surface area contributed by atoms with Crippen LogP contribution in [0.3, 0.4) is 0 Å². The molecule has 0 saturated heterocycles. The SMILES string of the molecule is COc1cccc(/C=C/c2ccc(C(F)(F)F)cc2)c1C(C)=O. The van der Waals surface area contributed by atoms with Crippen LogP contribution in [0.15, 0.2) is 42.5 Å². The zero-order valence-electron chi connectivity index (χ0n) is 12.6. The molecule has 0 saturated carbocycles. The highest BCUT2D eigenvalue weighted by Crippen LogP contribution is 2.29. The lowest BCUT2D eigenvalue weighted by molar-refractivity contribution is -0.137. The zero-order chi connectivity index (χ0) is 17.0. The number of Topliss-reactive ketones (excluding diaryl/α,β-unsaturated/α-hetero) is 1. The van der Waals surface area contributed by atoms with E-state index in [0.29, 0.717) is 22.4 Å². The fourth-order valence-corrected chi connectivity index (χ4v) is 2.20. The molecule has 0 heterocycles. The van der Waals surface area contributed by atoms with Gasteiger partial charge in [0.25, 0.3) is 0 Å². The second-order valence-corrected chi connectivity index (χ2v) is 4.93. The average Bonchev–Trinajstić information content (AvgIpc) is 2.51. The van der Waals surface area contributed by atoms with E-state index in [-0.39, 0.29) is 5.78 Å². The number of methoxy groups -OCH3 is 1. The van der Waals surface area contributed by atoms with Crippen molar-refractivity contribution in [1.82, 2.24) is 0 Å². The molecule has 0 fully saturated rings. The van der Waals surface area contributed by atoms with Crippen molar-refractivity contribution in [3.8, 4) is 5.75 Å². The van der Waals surface area contributed by atoms with Gasteiger partial charge in [-0.15, -0.1) is 0 Å². The van der Waals surface area contributed by atoms with Gasteiger partial charge in [-0.1, -0.05) is 36.4 Å². The van der Waals surface area contributed by atoms with E-state index in [2.05, 4.69) is 0 Å². The molecule has 0 unspecified atom stereocenters. The van der Waals surface area contributed by atoms with Crippen molar-refractivity contribution in [1.29, 1.82) is 0 Å². The summed E-state index contributed by atoms with van der Waals surface area (Å²) in [4.78, 5) is 11.8. The van der Waals surface area contributed by atoms with Crippen LogP contribution in [0.4, 0.5) is 13.2 Å². The number of hydrogen-bond donors (Lipinski definition) is 0. The minimum atomic E-state index is -4.35. The van der Waals surface area contributed by atoms with Gasteiger partial charge < -0.3 is 4.74 Å². The van der Waals surface area contributed by atoms with Crippen molar-refractivity contribution in [3.05, 3.63) is 64.7 Å². The molecule has 0 radical (unpaired) electrons. The number of hydrogen-bond acceptors (Lipinski definition) is 2. The molecular weight excluding hydrogens is 305 g/mol. The highest BCUT2D eigenvalue weighted by atomic mass is 19.4. The van der Waals surface area contributed by atoms with Gasteiger partial charge in [0.1, 0.15) is 5.75 Å². The van der Waals surface area contributed by atoms with Crippen LogP contribution in [-0.2, 0) is 6.18 Å². The van der Waals surface area contributed by atoms with Gasteiger partial charge in [0.2, 0.25) is 0 Å². The number of halogens is 3. The Bertz CT molecular complexity index is 729. The van der Waals surface area contributed by atoms with Crippen molar-refractivity contribution in [2.75, 3.05) is 7.11 Å². The van der Waals surface area contributed by atoms with Gasteiger partial charge in [-0.2, -0.15) is 13.2 Å². The highest BCUT2D eigenvalue weighted by Gasteiger charge is 2.29. The minimum absolute atomic E-state index is 0.144. The molecule has 5 heteroatoms. The summed E-state index contributed by atoms with van der Waals surface area (Å²) in [6.45, 7) is 1.44. The summed E-state index contributed by atoms with van der Waals surface area (Å²) >= 11 is 0. The van der Waals surface area contributed by atoms with Gasteiger partial charge in [-0.25, -0.2) is 0 Å². The van der Waals surface area contributed by atoms with Gasteiger partial charge in [0.05, 0.1) is 18.2 Å². The maximum Gasteiger partial charge on any atom is 0.416 e. The van der Waals surface area contributed by atoms with Crippen molar-refractivity contribution in [3.63, 3.8) is 0 Å². The highest BCUT2D eigenvalue weighted by molar-refractivity contribution is 6.01. The van der Waals surface area contributed by atoms with Crippen LogP contribution in [0.1, 0.15) is 34.0 Å². The number of ketones is 1. The maximum absolute atomic E-state index is 12.5. The molecule has 0 N–H and O–H groups in total. The summed E-state index contributed by atoms with van der Waals surface area (Å²) in [7, 11) is 1.48. The Morgan fingerprint density at radius 2 is 1.70 bits per heavy atom. The van der Waals surface area contributed by atoms with Crippen LogP contribution >= 0.6 is 0 Å². The normalized spacial score (nSPS) is 11.7. The van der Waals surface area contributed by atoms with E-state index >= 15 is 0 Å². The molecule has 2 nitrogen and oxygen atoms in total.